The van der Waals surface area contributed by atoms with Crippen LogP contribution in [-0.2, 0) is 0 Å². The molecule has 1 aromatic heterocycles. The number of halogens is 1. The standard InChI is InChI=1S/C11H7BrN4O/c12-9-2-1-8(14)5-10(9)17-11-7(6-13)3-4-15-16-11/h1-5H,14H2. The maximum atomic E-state index is 8.89. The molecule has 2 aromatic rings. The third-order valence-corrected chi connectivity index (χ3v) is 2.62. The molecule has 0 radical (unpaired) electrons. The summed E-state index contributed by atoms with van der Waals surface area (Å²) in [5, 5.41) is 16.3. The van der Waals surface area contributed by atoms with Crippen LogP contribution in [0.4, 0.5) is 5.69 Å². The Morgan fingerprint density at radius 1 is 1.35 bits per heavy atom. The van der Waals surface area contributed by atoms with Crippen LogP contribution in [0.2, 0.25) is 0 Å². The van der Waals surface area contributed by atoms with Gasteiger partial charge in [-0.1, -0.05) is 0 Å². The minimum atomic E-state index is 0.154. The average molecular weight is 291 g/mol. The van der Waals surface area contributed by atoms with Crippen molar-refractivity contribution in [2.75, 3.05) is 5.73 Å². The zero-order chi connectivity index (χ0) is 12.3. The molecule has 0 aliphatic rings. The molecule has 84 valence electrons. The predicted molar refractivity (Wildman–Crippen MR) is 65.4 cm³/mol. The van der Waals surface area contributed by atoms with E-state index in [4.69, 9.17) is 15.7 Å². The van der Waals surface area contributed by atoms with Crippen molar-refractivity contribution in [3.63, 3.8) is 0 Å². The van der Waals surface area contributed by atoms with Crippen molar-refractivity contribution in [1.82, 2.24) is 10.2 Å². The van der Waals surface area contributed by atoms with Gasteiger partial charge in [-0.3, -0.25) is 0 Å². The Morgan fingerprint density at radius 3 is 2.94 bits per heavy atom. The molecule has 1 heterocycles. The highest BCUT2D eigenvalue weighted by Gasteiger charge is 2.09. The highest BCUT2D eigenvalue weighted by molar-refractivity contribution is 9.10. The highest BCUT2D eigenvalue weighted by atomic mass is 79.9. The summed E-state index contributed by atoms with van der Waals surface area (Å²) in [7, 11) is 0. The monoisotopic (exact) mass is 290 g/mol. The van der Waals surface area contributed by atoms with Crippen LogP contribution in [0.3, 0.4) is 0 Å². The van der Waals surface area contributed by atoms with E-state index in [1.54, 1.807) is 18.2 Å². The Balaban J connectivity index is 2.38. The second kappa shape index (κ2) is 4.80. The van der Waals surface area contributed by atoms with Crippen molar-refractivity contribution < 1.29 is 4.74 Å². The van der Waals surface area contributed by atoms with E-state index in [1.807, 2.05) is 6.07 Å². The Labute approximate surface area is 106 Å². The number of hydrogen-bond donors (Lipinski definition) is 1. The molecule has 6 heteroatoms. The van der Waals surface area contributed by atoms with E-state index in [0.29, 0.717) is 17.0 Å². The van der Waals surface area contributed by atoms with Crippen LogP contribution in [0.25, 0.3) is 0 Å². The van der Waals surface area contributed by atoms with E-state index >= 15 is 0 Å². The normalized spacial score (nSPS) is 9.65. The maximum Gasteiger partial charge on any atom is 0.257 e. The van der Waals surface area contributed by atoms with Gasteiger partial charge in [0, 0.05) is 11.8 Å². The molecule has 5 nitrogen and oxygen atoms in total. The molecule has 0 aliphatic carbocycles. The molecule has 0 saturated carbocycles. The van der Waals surface area contributed by atoms with Gasteiger partial charge >= 0.3 is 0 Å². The van der Waals surface area contributed by atoms with Crippen LogP contribution < -0.4 is 10.5 Å². The predicted octanol–water partition coefficient (Wildman–Crippen LogP) is 2.49. The lowest BCUT2D eigenvalue weighted by Gasteiger charge is -2.07. The largest absolute Gasteiger partial charge is 0.435 e. The maximum absolute atomic E-state index is 8.89. The second-order valence-corrected chi connectivity index (χ2v) is 4.01. The topological polar surface area (TPSA) is 84.8 Å². The van der Waals surface area contributed by atoms with Crippen LogP contribution >= 0.6 is 15.9 Å². The molecule has 0 saturated heterocycles. The van der Waals surface area contributed by atoms with E-state index in [1.165, 1.54) is 12.3 Å². The number of hydrogen-bond acceptors (Lipinski definition) is 5. The van der Waals surface area contributed by atoms with Crippen molar-refractivity contribution in [2.24, 2.45) is 0 Å². The summed E-state index contributed by atoms with van der Waals surface area (Å²) < 4.78 is 6.21. The van der Waals surface area contributed by atoms with E-state index in [-0.39, 0.29) is 5.88 Å². The Bertz CT molecular complexity index is 594. The van der Waals surface area contributed by atoms with Gasteiger partial charge in [0.2, 0.25) is 0 Å². The van der Waals surface area contributed by atoms with Crippen molar-refractivity contribution >= 4 is 21.6 Å². The lowest BCUT2D eigenvalue weighted by atomic mass is 10.3. The molecule has 0 aliphatic heterocycles. The molecule has 0 spiro atoms. The molecular weight excluding hydrogens is 284 g/mol. The fourth-order valence-electron chi connectivity index (χ4n) is 1.18. The fourth-order valence-corrected chi connectivity index (χ4v) is 1.51. The third kappa shape index (κ3) is 2.52. The average Bonchev–Trinajstić information content (AvgIpc) is 2.34. The van der Waals surface area contributed by atoms with Gasteiger partial charge in [0.1, 0.15) is 17.4 Å². The highest BCUT2D eigenvalue weighted by Crippen LogP contribution is 2.31. The number of anilines is 1. The second-order valence-electron chi connectivity index (χ2n) is 3.15. The van der Waals surface area contributed by atoms with Crippen LogP contribution in [0.5, 0.6) is 11.6 Å². The Hall–Kier alpha value is -2.13. The number of rotatable bonds is 2. The van der Waals surface area contributed by atoms with Gasteiger partial charge in [-0.15, -0.1) is 5.10 Å². The molecule has 0 bridgehead atoms. The van der Waals surface area contributed by atoms with Crippen LogP contribution in [0, 0.1) is 11.3 Å². The Kier molecular flexibility index (Phi) is 3.21. The smallest absolute Gasteiger partial charge is 0.257 e. The van der Waals surface area contributed by atoms with Crippen LogP contribution in [-0.4, -0.2) is 10.2 Å². The van der Waals surface area contributed by atoms with E-state index in [2.05, 4.69) is 26.1 Å². The van der Waals surface area contributed by atoms with Gasteiger partial charge in [0.05, 0.1) is 10.7 Å². The van der Waals surface area contributed by atoms with E-state index in [9.17, 15) is 0 Å². The number of nitrogens with two attached hydrogens (primary N) is 1. The number of nitrogens with zero attached hydrogens (tertiary/aromatic N) is 3. The number of ether oxygens (including phenoxy) is 1. The SMILES string of the molecule is N#Cc1ccnnc1Oc1cc(N)ccc1Br. The van der Waals surface area contributed by atoms with Crippen molar-refractivity contribution in [2.45, 2.75) is 0 Å². The van der Waals surface area contributed by atoms with Gasteiger partial charge < -0.3 is 10.5 Å². The van der Waals surface area contributed by atoms with Gasteiger partial charge in [0.15, 0.2) is 0 Å². The molecule has 0 fully saturated rings. The van der Waals surface area contributed by atoms with Gasteiger partial charge in [-0.25, -0.2) is 0 Å². The summed E-state index contributed by atoms with van der Waals surface area (Å²) in [5.74, 6) is 0.642. The molecule has 2 rings (SSSR count). The zero-order valence-corrected chi connectivity index (χ0v) is 10.2. The first-order valence-corrected chi connectivity index (χ1v) is 5.44. The Morgan fingerprint density at radius 2 is 2.18 bits per heavy atom. The van der Waals surface area contributed by atoms with Crippen LogP contribution in [0.15, 0.2) is 34.9 Å². The molecule has 17 heavy (non-hydrogen) atoms. The molecule has 0 amide bonds. The lowest BCUT2D eigenvalue weighted by Crippen LogP contribution is -1.95. The summed E-state index contributed by atoms with van der Waals surface area (Å²) in [6, 6.07) is 8.64. The van der Waals surface area contributed by atoms with Gasteiger partial charge in [-0.2, -0.15) is 10.4 Å². The molecule has 0 unspecified atom stereocenters. The fraction of sp³-hybridized carbons (Fsp3) is 0. The number of nitriles is 1. The van der Waals surface area contributed by atoms with Gasteiger partial charge in [-0.05, 0) is 34.1 Å². The molecule has 2 N–H and O–H groups in total. The van der Waals surface area contributed by atoms with Crippen molar-refractivity contribution in [3.05, 3.63) is 40.5 Å². The zero-order valence-electron chi connectivity index (χ0n) is 8.59. The summed E-state index contributed by atoms with van der Waals surface area (Å²) in [4.78, 5) is 0. The molecular formula is C11H7BrN4O. The summed E-state index contributed by atoms with van der Waals surface area (Å²) in [6.07, 6.45) is 1.43. The summed E-state index contributed by atoms with van der Waals surface area (Å²) in [5.41, 5.74) is 6.52. The van der Waals surface area contributed by atoms with Gasteiger partial charge in [0.25, 0.3) is 5.88 Å². The van der Waals surface area contributed by atoms with Crippen LogP contribution in [0.1, 0.15) is 5.56 Å². The minimum absolute atomic E-state index is 0.154. The number of benzene rings is 1. The number of nitrogen functional groups attached to an aromatic ring is 1. The van der Waals surface area contributed by atoms with E-state index < -0.39 is 0 Å². The molecule has 1 aromatic carbocycles. The first-order valence-electron chi connectivity index (χ1n) is 4.65. The lowest BCUT2D eigenvalue weighted by molar-refractivity contribution is 0.451. The first-order chi connectivity index (χ1) is 8.20. The van der Waals surface area contributed by atoms with Crippen molar-refractivity contribution in [1.29, 1.82) is 5.26 Å². The molecule has 0 atom stereocenters. The quantitative estimate of drug-likeness (QED) is 0.859. The minimum Gasteiger partial charge on any atom is -0.435 e. The summed E-state index contributed by atoms with van der Waals surface area (Å²) >= 11 is 3.32. The van der Waals surface area contributed by atoms with E-state index in [0.717, 1.165) is 4.47 Å². The third-order valence-electron chi connectivity index (χ3n) is 1.97. The van der Waals surface area contributed by atoms with Crippen molar-refractivity contribution in [3.8, 4) is 17.7 Å². The summed E-state index contributed by atoms with van der Waals surface area (Å²) in [6.45, 7) is 0. The first kappa shape index (κ1) is 11.4. The number of aromatic nitrogens is 2.